The quantitative estimate of drug-likeness (QED) is 0.792. The molecule has 120 valence electrons. The SMILES string of the molecule is COc1cc(Cl)c(-c2ncc(-c3nc(C)nn3C(C)C)[nH]2)cn1. The van der Waals surface area contributed by atoms with Crippen LogP contribution in [0.15, 0.2) is 18.5 Å². The van der Waals surface area contributed by atoms with E-state index in [0.29, 0.717) is 28.1 Å². The van der Waals surface area contributed by atoms with Gasteiger partial charge in [0.1, 0.15) is 17.3 Å². The molecule has 3 aromatic heterocycles. The van der Waals surface area contributed by atoms with Gasteiger partial charge in [0.15, 0.2) is 5.82 Å². The molecule has 0 amide bonds. The standard InChI is InChI=1S/C15H17ClN6O/c1-8(2)22-15(19-9(3)21-22)12-7-18-14(20-12)10-6-17-13(23-4)5-11(10)16/h5-8H,1-4H3,(H,18,20). The molecule has 3 aromatic rings. The summed E-state index contributed by atoms with van der Waals surface area (Å²) in [5, 5.41) is 4.92. The minimum Gasteiger partial charge on any atom is -0.481 e. The van der Waals surface area contributed by atoms with Crippen LogP contribution in [0.2, 0.25) is 5.02 Å². The summed E-state index contributed by atoms with van der Waals surface area (Å²) >= 11 is 6.27. The average molecular weight is 333 g/mol. The van der Waals surface area contributed by atoms with Gasteiger partial charge in [-0.15, -0.1) is 0 Å². The Bertz CT molecular complexity index is 838. The highest BCUT2D eigenvalue weighted by Gasteiger charge is 2.16. The number of imidazole rings is 1. The number of methoxy groups -OCH3 is 1. The van der Waals surface area contributed by atoms with Crippen LogP contribution in [0.4, 0.5) is 0 Å². The summed E-state index contributed by atoms with van der Waals surface area (Å²) in [6, 6.07) is 1.85. The van der Waals surface area contributed by atoms with Crippen molar-refractivity contribution in [2.24, 2.45) is 0 Å². The van der Waals surface area contributed by atoms with Gasteiger partial charge in [0.05, 0.1) is 23.9 Å². The average Bonchev–Trinajstić information content (AvgIpc) is 3.13. The van der Waals surface area contributed by atoms with Crippen LogP contribution in [0.5, 0.6) is 5.88 Å². The molecule has 3 heterocycles. The van der Waals surface area contributed by atoms with Crippen LogP contribution in [0.25, 0.3) is 22.9 Å². The van der Waals surface area contributed by atoms with E-state index in [1.807, 2.05) is 11.6 Å². The second-order valence-corrected chi connectivity index (χ2v) is 5.78. The van der Waals surface area contributed by atoms with Crippen LogP contribution >= 0.6 is 11.6 Å². The zero-order valence-corrected chi connectivity index (χ0v) is 14.1. The molecule has 0 saturated heterocycles. The molecule has 0 atom stereocenters. The van der Waals surface area contributed by atoms with Crippen LogP contribution in [0.1, 0.15) is 25.7 Å². The number of aryl methyl sites for hydroxylation is 1. The highest BCUT2D eigenvalue weighted by Crippen LogP contribution is 2.29. The first kappa shape index (κ1) is 15.5. The van der Waals surface area contributed by atoms with Crippen molar-refractivity contribution in [1.82, 2.24) is 29.7 Å². The van der Waals surface area contributed by atoms with Crippen molar-refractivity contribution < 1.29 is 4.74 Å². The van der Waals surface area contributed by atoms with Crippen molar-refractivity contribution in [2.45, 2.75) is 26.8 Å². The summed E-state index contributed by atoms with van der Waals surface area (Å²) in [6.45, 7) is 5.97. The van der Waals surface area contributed by atoms with Crippen molar-refractivity contribution in [3.63, 3.8) is 0 Å². The Balaban J connectivity index is 2.01. The van der Waals surface area contributed by atoms with Crippen molar-refractivity contribution in [3.8, 4) is 28.8 Å². The maximum absolute atomic E-state index is 6.27. The Kier molecular flexibility index (Phi) is 4.04. The molecular weight excluding hydrogens is 316 g/mol. The van der Waals surface area contributed by atoms with E-state index in [9.17, 15) is 0 Å². The second-order valence-electron chi connectivity index (χ2n) is 5.37. The summed E-state index contributed by atoms with van der Waals surface area (Å²) in [5.74, 6) is 2.54. The molecule has 0 fully saturated rings. The van der Waals surface area contributed by atoms with Gasteiger partial charge in [-0.1, -0.05) is 11.6 Å². The Labute approximate surface area is 138 Å². The van der Waals surface area contributed by atoms with Crippen molar-refractivity contribution >= 4 is 11.6 Å². The minimum absolute atomic E-state index is 0.198. The predicted molar refractivity (Wildman–Crippen MR) is 87.5 cm³/mol. The molecule has 1 N–H and O–H groups in total. The number of pyridine rings is 1. The number of hydrogen-bond donors (Lipinski definition) is 1. The molecule has 0 unspecified atom stereocenters. The van der Waals surface area contributed by atoms with Crippen LogP contribution in [-0.4, -0.2) is 36.8 Å². The summed E-state index contributed by atoms with van der Waals surface area (Å²) < 4.78 is 6.92. The molecular formula is C15H17ClN6O. The third-order valence-electron chi connectivity index (χ3n) is 3.34. The zero-order valence-electron chi connectivity index (χ0n) is 13.3. The molecule has 23 heavy (non-hydrogen) atoms. The lowest BCUT2D eigenvalue weighted by Crippen LogP contribution is -2.05. The third kappa shape index (κ3) is 2.92. The van der Waals surface area contributed by atoms with E-state index in [1.54, 1.807) is 25.6 Å². The molecule has 0 spiro atoms. The Morgan fingerprint density at radius 1 is 1.26 bits per heavy atom. The number of ether oxygens (including phenoxy) is 1. The lowest BCUT2D eigenvalue weighted by atomic mass is 10.2. The van der Waals surface area contributed by atoms with Gasteiger partial charge in [-0.2, -0.15) is 5.10 Å². The first-order chi connectivity index (χ1) is 11.0. The van der Waals surface area contributed by atoms with E-state index in [-0.39, 0.29) is 6.04 Å². The number of halogens is 1. The highest BCUT2D eigenvalue weighted by atomic mass is 35.5. The van der Waals surface area contributed by atoms with E-state index in [2.05, 4.69) is 38.9 Å². The summed E-state index contributed by atoms with van der Waals surface area (Å²) in [4.78, 5) is 16.3. The number of rotatable bonds is 4. The van der Waals surface area contributed by atoms with Gasteiger partial charge >= 0.3 is 0 Å². The topological polar surface area (TPSA) is 81.5 Å². The predicted octanol–water partition coefficient (Wildman–Crippen LogP) is 3.28. The van der Waals surface area contributed by atoms with Crippen molar-refractivity contribution in [2.75, 3.05) is 7.11 Å². The van der Waals surface area contributed by atoms with Crippen molar-refractivity contribution in [1.29, 1.82) is 0 Å². The number of aromatic amines is 1. The van der Waals surface area contributed by atoms with Crippen molar-refractivity contribution in [3.05, 3.63) is 29.3 Å². The lowest BCUT2D eigenvalue weighted by Gasteiger charge is -2.07. The van der Waals surface area contributed by atoms with Crippen LogP contribution < -0.4 is 4.74 Å². The third-order valence-corrected chi connectivity index (χ3v) is 3.65. The molecule has 7 nitrogen and oxygen atoms in total. The molecule has 0 radical (unpaired) electrons. The van der Waals surface area contributed by atoms with Gasteiger partial charge in [-0.3, -0.25) is 0 Å². The molecule has 0 bridgehead atoms. The minimum atomic E-state index is 0.198. The fourth-order valence-electron chi connectivity index (χ4n) is 2.24. The van der Waals surface area contributed by atoms with E-state index < -0.39 is 0 Å². The Morgan fingerprint density at radius 3 is 2.70 bits per heavy atom. The van der Waals surface area contributed by atoms with E-state index in [0.717, 1.165) is 11.5 Å². The smallest absolute Gasteiger partial charge is 0.214 e. The molecule has 0 aliphatic heterocycles. The van der Waals surface area contributed by atoms with Crippen LogP contribution in [0, 0.1) is 6.92 Å². The lowest BCUT2D eigenvalue weighted by molar-refractivity contribution is 0.398. The largest absolute Gasteiger partial charge is 0.481 e. The molecule has 0 aliphatic rings. The van der Waals surface area contributed by atoms with Gasteiger partial charge in [0.25, 0.3) is 0 Å². The molecule has 0 saturated carbocycles. The number of nitrogens with zero attached hydrogens (tertiary/aromatic N) is 5. The first-order valence-corrected chi connectivity index (χ1v) is 7.55. The fourth-order valence-corrected chi connectivity index (χ4v) is 2.48. The first-order valence-electron chi connectivity index (χ1n) is 7.18. The molecule has 8 heteroatoms. The number of H-pyrrole nitrogens is 1. The normalized spacial score (nSPS) is 11.2. The van der Waals surface area contributed by atoms with E-state index in [1.165, 1.54) is 0 Å². The van der Waals surface area contributed by atoms with Gasteiger partial charge < -0.3 is 9.72 Å². The number of hydrogen-bond acceptors (Lipinski definition) is 5. The Morgan fingerprint density at radius 2 is 2.04 bits per heavy atom. The van der Waals surface area contributed by atoms with Gasteiger partial charge in [0.2, 0.25) is 5.88 Å². The van der Waals surface area contributed by atoms with E-state index in [4.69, 9.17) is 16.3 Å². The Hall–Kier alpha value is -2.41. The second kappa shape index (κ2) is 6.00. The maximum atomic E-state index is 6.27. The zero-order chi connectivity index (χ0) is 16.6. The fraction of sp³-hybridized carbons (Fsp3) is 0.333. The van der Waals surface area contributed by atoms with Crippen LogP contribution in [0.3, 0.4) is 0 Å². The van der Waals surface area contributed by atoms with Crippen LogP contribution in [-0.2, 0) is 0 Å². The maximum Gasteiger partial charge on any atom is 0.214 e. The van der Waals surface area contributed by atoms with E-state index >= 15 is 0 Å². The van der Waals surface area contributed by atoms with Gasteiger partial charge in [-0.25, -0.2) is 19.6 Å². The molecule has 3 rings (SSSR count). The van der Waals surface area contributed by atoms with Gasteiger partial charge in [0, 0.05) is 18.3 Å². The number of aromatic nitrogens is 6. The summed E-state index contributed by atoms with van der Waals surface area (Å²) in [7, 11) is 1.55. The monoisotopic (exact) mass is 332 g/mol. The number of nitrogens with one attached hydrogen (secondary N) is 1. The summed E-state index contributed by atoms with van der Waals surface area (Å²) in [5.41, 5.74) is 1.48. The highest BCUT2D eigenvalue weighted by molar-refractivity contribution is 6.33. The van der Waals surface area contributed by atoms with Gasteiger partial charge in [-0.05, 0) is 20.8 Å². The molecule has 0 aromatic carbocycles. The summed E-state index contributed by atoms with van der Waals surface area (Å²) in [6.07, 6.45) is 3.35. The molecule has 0 aliphatic carbocycles.